The summed E-state index contributed by atoms with van der Waals surface area (Å²) in [6.45, 7) is 1.43. The van der Waals surface area contributed by atoms with Gasteiger partial charge in [0.2, 0.25) is 0 Å². The Labute approximate surface area is 84.1 Å². The first-order valence-electron chi connectivity index (χ1n) is 3.71. The minimum absolute atomic E-state index is 0.132. The zero-order valence-electron chi connectivity index (χ0n) is 7.35. The summed E-state index contributed by atoms with van der Waals surface area (Å²) in [5.41, 5.74) is 0.132. The van der Waals surface area contributed by atoms with Crippen LogP contribution in [0.1, 0.15) is 6.92 Å². The molecule has 0 atom stereocenters. The highest BCUT2D eigenvalue weighted by atomic mass is 32.1. The van der Waals surface area contributed by atoms with E-state index < -0.39 is 11.9 Å². The van der Waals surface area contributed by atoms with Crippen LogP contribution in [-0.4, -0.2) is 22.0 Å². The minimum atomic E-state index is -1.14. The van der Waals surface area contributed by atoms with E-state index in [1.807, 2.05) is 0 Å². The van der Waals surface area contributed by atoms with E-state index >= 15 is 0 Å². The number of hydrogen-bond donors (Lipinski definition) is 2. The highest BCUT2D eigenvalue weighted by Gasteiger charge is 2.07. The summed E-state index contributed by atoms with van der Waals surface area (Å²) < 4.78 is 0. The molecule has 1 amide bonds. The fraction of sp³-hybridized carbons (Fsp3) is 0.125. The molecule has 0 aromatic carbocycles. The standard InChI is InChI=1S/C8H8N2O3S/c1-5(4-6(11)12)7(13)10-8-9-2-3-14-8/h2-4H,1H3,(H,11,12)(H,9,10,13). The van der Waals surface area contributed by atoms with E-state index in [0.29, 0.717) is 5.13 Å². The highest BCUT2D eigenvalue weighted by molar-refractivity contribution is 7.13. The van der Waals surface area contributed by atoms with Crippen molar-refractivity contribution in [1.82, 2.24) is 4.98 Å². The molecule has 0 unspecified atom stereocenters. The molecule has 74 valence electrons. The van der Waals surface area contributed by atoms with Crippen LogP contribution in [0.4, 0.5) is 5.13 Å². The maximum absolute atomic E-state index is 11.3. The van der Waals surface area contributed by atoms with Gasteiger partial charge in [-0.1, -0.05) is 0 Å². The third-order valence-corrected chi connectivity index (χ3v) is 2.04. The van der Waals surface area contributed by atoms with Crippen molar-refractivity contribution in [2.45, 2.75) is 6.92 Å². The van der Waals surface area contributed by atoms with E-state index in [9.17, 15) is 9.59 Å². The van der Waals surface area contributed by atoms with Crippen molar-refractivity contribution in [3.63, 3.8) is 0 Å². The van der Waals surface area contributed by atoms with Gasteiger partial charge < -0.3 is 5.11 Å². The molecular weight excluding hydrogens is 204 g/mol. The molecule has 0 aliphatic carbocycles. The second-order valence-corrected chi connectivity index (χ2v) is 3.35. The van der Waals surface area contributed by atoms with E-state index in [4.69, 9.17) is 5.11 Å². The van der Waals surface area contributed by atoms with E-state index in [0.717, 1.165) is 6.08 Å². The van der Waals surface area contributed by atoms with Crippen LogP contribution in [0.25, 0.3) is 0 Å². The molecule has 0 radical (unpaired) electrons. The van der Waals surface area contributed by atoms with Gasteiger partial charge >= 0.3 is 5.97 Å². The molecule has 5 nitrogen and oxygen atoms in total. The average molecular weight is 212 g/mol. The summed E-state index contributed by atoms with van der Waals surface area (Å²) in [6, 6.07) is 0. The van der Waals surface area contributed by atoms with Gasteiger partial charge in [0.15, 0.2) is 5.13 Å². The van der Waals surface area contributed by atoms with Gasteiger partial charge in [-0.15, -0.1) is 11.3 Å². The van der Waals surface area contributed by atoms with Gasteiger partial charge in [0, 0.05) is 23.2 Å². The van der Waals surface area contributed by atoms with Crippen LogP contribution >= 0.6 is 11.3 Å². The van der Waals surface area contributed by atoms with E-state index in [1.54, 1.807) is 11.6 Å². The molecular formula is C8H8N2O3S. The Morgan fingerprint density at radius 2 is 2.36 bits per heavy atom. The number of carbonyl (C=O) groups is 2. The van der Waals surface area contributed by atoms with Crippen LogP contribution in [0.2, 0.25) is 0 Å². The number of nitrogens with zero attached hydrogens (tertiary/aromatic N) is 1. The Hall–Kier alpha value is -1.69. The van der Waals surface area contributed by atoms with Crippen LogP contribution in [0.5, 0.6) is 0 Å². The quantitative estimate of drug-likeness (QED) is 0.735. The topological polar surface area (TPSA) is 79.3 Å². The lowest BCUT2D eigenvalue weighted by Gasteiger charge is -1.99. The SMILES string of the molecule is CC(=CC(=O)O)C(=O)Nc1nccs1. The van der Waals surface area contributed by atoms with Crippen molar-refractivity contribution in [1.29, 1.82) is 0 Å². The second-order valence-electron chi connectivity index (χ2n) is 2.46. The van der Waals surface area contributed by atoms with Gasteiger partial charge in [-0.3, -0.25) is 10.1 Å². The zero-order valence-corrected chi connectivity index (χ0v) is 8.17. The van der Waals surface area contributed by atoms with Crippen LogP contribution < -0.4 is 5.32 Å². The minimum Gasteiger partial charge on any atom is -0.478 e. The number of carbonyl (C=O) groups excluding carboxylic acids is 1. The maximum Gasteiger partial charge on any atom is 0.328 e. The number of aromatic nitrogens is 1. The van der Waals surface area contributed by atoms with Crippen molar-refractivity contribution < 1.29 is 14.7 Å². The number of rotatable bonds is 3. The lowest BCUT2D eigenvalue weighted by Crippen LogP contribution is -2.13. The molecule has 0 aliphatic heterocycles. The molecule has 14 heavy (non-hydrogen) atoms. The Balaban J connectivity index is 2.63. The van der Waals surface area contributed by atoms with Gasteiger partial charge in [0.1, 0.15) is 0 Å². The molecule has 1 heterocycles. The maximum atomic E-state index is 11.3. The number of carboxylic acids is 1. The highest BCUT2D eigenvalue weighted by Crippen LogP contribution is 2.11. The fourth-order valence-corrected chi connectivity index (χ4v) is 1.26. The Morgan fingerprint density at radius 1 is 1.64 bits per heavy atom. The number of anilines is 1. The summed E-state index contributed by atoms with van der Waals surface area (Å²) in [4.78, 5) is 25.3. The first-order chi connectivity index (χ1) is 6.59. The largest absolute Gasteiger partial charge is 0.478 e. The van der Waals surface area contributed by atoms with Crippen LogP contribution in [0, 0.1) is 0 Å². The third-order valence-electron chi connectivity index (χ3n) is 1.35. The first kappa shape index (κ1) is 10.4. The summed E-state index contributed by atoms with van der Waals surface area (Å²) in [5, 5.41) is 13.0. The molecule has 0 bridgehead atoms. The predicted molar refractivity (Wildman–Crippen MR) is 52.1 cm³/mol. The van der Waals surface area contributed by atoms with Crippen molar-refractivity contribution in [2.24, 2.45) is 0 Å². The molecule has 6 heteroatoms. The summed E-state index contributed by atoms with van der Waals surface area (Å²) in [5.74, 6) is -1.60. The Kier molecular flexibility index (Phi) is 3.35. The lowest BCUT2D eigenvalue weighted by molar-refractivity contribution is -0.131. The molecule has 1 aromatic rings. The normalized spacial score (nSPS) is 11.1. The number of nitrogens with one attached hydrogen (secondary N) is 1. The zero-order chi connectivity index (χ0) is 10.6. The molecule has 0 spiro atoms. The van der Waals surface area contributed by atoms with E-state index in [-0.39, 0.29) is 5.57 Å². The van der Waals surface area contributed by atoms with Crippen molar-refractivity contribution in [2.75, 3.05) is 5.32 Å². The number of hydrogen-bond acceptors (Lipinski definition) is 4. The molecule has 0 aliphatic rings. The molecule has 2 N–H and O–H groups in total. The molecule has 0 saturated carbocycles. The van der Waals surface area contributed by atoms with Crippen molar-refractivity contribution in [3.8, 4) is 0 Å². The lowest BCUT2D eigenvalue weighted by atomic mass is 10.2. The molecule has 0 saturated heterocycles. The fourth-order valence-electron chi connectivity index (χ4n) is 0.732. The summed E-state index contributed by atoms with van der Waals surface area (Å²) in [7, 11) is 0. The summed E-state index contributed by atoms with van der Waals surface area (Å²) in [6.07, 6.45) is 2.40. The predicted octanol–water partition coefficient (Wildman–Crippen LogP) is 1.11. The number of carboxylic acid groups (broad SMARTS) is 1. The Morgan fingerprint density at radius 3 is 2.86 bits per heavy atom. The van der Waals surface area contributed by atoms with Crippen LogP contribution in [0.15, 0.2) is 23.2 Å². The second kappa shape index (κ2) is 4.52. The summed E-state index contributed by atoms with van der Waals surface area (Å²) >= 11 is 1.27. The number of thiazole rings is 1. The smallest absolute Gasteiger partial charge is 0.328 e. The van der Waals surface area contributed by atoms with Crippen LogP contribution in [-0.2, 0) is 9.59 Å². The molecule has 1 rings (SSSR count). The van der Waals surface area contributed by atoms with E-state index in [1.165, 1.54) is 18.3 Å². The first-order valence-corrected chi connectivity index (χ1v) is 4.59. The van der Waals surface area contributed by atoms with Gasteiger partial charge in [-0.05, 0) is 6.92 Å². The van der Waals surface area contributed by atoms with Crippen molar-refractivity contribution >= 4 is 28.3 Å². The van der Waals surface area contributed by atoms with Gasteiger partial charge in [-0.25, -0.2) is 9.78 Å². The van der Waals surface area contributed by atoms with Crippen LogP contribution in [0.3, 0.4) is 0 Å². The van der Waals surface area contributed by atoms with Gasteiger partial charge in [0.25, 0.3) is 5.91 Å². The van der Waals surface area contributed by atoms with Crippen molar-refractivity contribution in [3.05, 3.63) is 23.2 Å². The number of amides is 1. The average Bonchev–Trinajstić information content (AvgIpc) is 2.55. The Bertz CT molecular complexity index is 370. The molecule has 1 aromatic heterocycles. The molecule has 0 fully saturated rings. The van der Waals surface area contributed by atoms with E-state index in [2.05, 4.69) is 10.3 Å². The monoisotopic (exact) mass is 212 g/mol. The van der Waals surface area contributed by atoms with Gasteiger partial charge in [0.05, 0.1) is 0 Å². The number of aliphatic carboxylic acids is 1. The third kappa shape index (κ3) is 2.98. The van der Waals surface area contributed by atoms with Gasteiger partial charge in [-0.2, -0.15) is 0 Å².